The predicted molar refractivity (Wildman–Crippen MR) is 115 cm³/mol. The number of carbonyl (C=O) groups excluding carboxylic acids is 1. The van der Waals surface area contributed by atoms with Crippen molar-refractivity contribution in [2.45, 2.75) is 19.3 Å². The summed E-state index contributed by atoms with van der Waals surface area (Å²) in [5.41, 5.74) is 3.28. The van der Waals surface area contributed by atoms with E-state index in [1.807, 2.05) is 31.2 Å². The number of hydrogen-bond donors (Lipinski definition) is 1. The molecular weight excluding hydrogens is 411 g/mol. The van der Waals surface area contributed by atoms with Crippen molar-refractivity contribution in [2.75, 3.05) is 12.4 Å². The Labute approximate surface area is 183 Å². The average Bonchev–Trinajstić information content (AvgIpc) is 3.15. The van der Waals surface area contributed by atoms with Crippen LogP contribution in [0.3, 0.4) is 0 Å². The number of anilines is 1. The molecule has 0 saturated carbocycles. The van der Waals surface area contributed by atoms with Crippen molar-refractivity contribution >= 4 is 11.7 Å². The number of fused-ring (bicyclic) bond motifs is 1. The highest BCUT2D eigenvalue weighted by Crippen LogP contribution is 2.40. The normalized spacial score (nSPS) is 15.2. The molecule has 0 fully saturated rings. The monoisotopic (exact) mass is 430 g/mol. The van der Waals surface area contributed by atoms with Crippen molar-refractivity contribution in [1.29, 1.82) is 0 Å². The molecule has 9 heteroatoms. The molecule has 1 aliphatic heterocycles. The Morgan fingerprint density at radius 2 is 1.94 bits per heavy atom. The maximum Gasteiger partial charge on any atom is 0.272 e. The lowest BCUT2D eigenvalue weighted by Crippen LogP contribution is -2.25. The van der Waals surface area contributed by atoms with E-state index in [-0.39, 0.29) is 24.1 Å². The molecule has 0 radical (unpaired) electrons. The number of nitrogens with zero attached hydrogens (tertiary/aromatic N) is 5. The molecule has 32 heavy (non-hydrogen) atoms. The fraction of sp³-hybridized carbons (Fsp3) is 0.174. The summed E-state index contributed by atoms with van der Waals surface area (Å²) in [6.07, 6.45) is 1.68. The van der Waals surface area contributed by atoms with Gasteiger partial charge in [0.05, 0.1) is 24.7 Å². The Hall–Kier alpha value is -4.14. The molecule has 160 valence electrons. The molecular formula is C23H19FN6O2. The summed E-state index contributed by atoms with van der Waals surface area (Å²) >= 11 is 0. The first-order valence-electron chi connectivity index (χ1n) is 10.0. The molecule has 1 N–H and O–H groups in total. The van der Waals surface area contributed by atoms with Crippen molar-refractivity contribution in [2.24, 2.45) is 0 Å². The maximum absolute atomic E-state index is 14.5. The van der Waals surface area contributed by atoms with Crippen LogP contribution in [0.15, 0.2) is 54.7 Å². The van der Waals surface area contributed by atoms with E-state index < -0.39 is 5.92 Å². The number of aryl methyl sites for hydroxylation is 1. The molecule has 1 aliphatic rings. The third kappa shape index (κ3) is 3.37. The van der Waals surface area contributed by atoms with E-state index in [0.29, 0.717) is 22.8 Å². The van der Waals surface area contributed by atoms with Crippen LogP contribution in [0.25, 0.3) is 17.2 Å². The first-order chi connectivity index (χ1) is 15.5. The summed E-state index contributed by atoms with van der Waals surface area (Å²) < 4.78 is 21.2. The van der Waals surface area contributed by atoms with Crippen LogP contribution in [0.2, 0.25) is 0 Å². The van der Waals surface area contributed by atoms with Gasteiger partial charge in [-0.3, -0.25) is 4.79 Å². The van der Waals surface area contributed by atoms with Crippen LogP contribution < -0.4 is 10.1 Å². The molecule has 0 aliphatic carbocycles. The van der Waals surface area contributed by atoms with Gasteiger partial charge in [0, 0.05) is 23.5 Å². The first kappa shape index (κ1) is 19.8. The van der Waals surface area contributed by atoms with Crippen molar-refractivity contribution < 1.29 is 13.9 Å². The second-order valence-corrected chi connectivity index (χ2v) is 7.46. The molecule has 1 atom stereocenters. The van der Waals surface area contributed by atoms with Crippen LogP contribution in [0.5, 0.6) is 5.75 Å². The molecule has 1 unspecified atom stereocenters. The van der Waals surface area contributed by atoms with Gasteiger partial charge >= 0.3 is 0 Å². The van der Waals surface area contributed by atoms with Gasteiger partial charge in [-0.25, -0.2) is 9.37 Å². The van der Waals surface area contributed by atoms with Gasteiger partial charge in [0.1, 0.15) is 17.4 Å². The average molecular weight is 430 g/mol. The van der Waals surface area contributed by atoms with Crippen molar-refractivity contribution in [3.8, 4) is 23.0 Å². The molecule has 4 aromatic rings. The highest BCUT2D eigenvalue weighted by atomic mass is 19.1. The SMILES string of the molecule is COc1ccc(-c2cnnc(-n3nc(C)c4c3NC(=O)CC4c3ccccc3F)n2)cc1. The van der Waals surface area contributed by atoms with Gasteiger partial charge in [0.25, 0.3) is 5.95 Å². The minimum absolute atomic E-state index is 0.130. The zero-order valence-electron chi connectivity index (χ0n) is 17.4. The van der Waals surface area contributed by atoms with Gasteiger partial charge in [-0.2, -0.15) is 14.9 Å². The second kappa shape index (κ2) is 7.84. The van der Waals surface area contributed by atoms with E-state index in [4.69, 9.17) is 4.74 Å². The Kier molecular flexibility index (Phi) is 4.85. The fourth-order valence-electron chi connectivity index (χ4n) is 4.00. The summed E-state index contributed by atoms with van der Waals surface area (Å²) in [5, 5.41) is 15.6. The molecule has 2 aromatic carbocycles. The van der Waals surface area contributed by atoms with Crippen LogP contribution >= 0.6 is 0 Å². The summed E-state index contributed by atoms with van der Waals surface area (Å²) in [6, 6.07) is 13.9. The van der Waals surface area contributed by atoms with E-state index in [1.165, 1.54) is 10.7 Å². The van der Waals surface area contributed by atoms with E-state index in [9.17, 15) is 9.18 Å². The lowest BCUT2D eigenvalue weighted by Gasteiger charge is -2.24. The Bertz CT molecular complexity index is 1320. The third-order valence-corrected chi connectivity index (χ3v) is 5.51. The minimum Gasteiger partial charge on any atom is -0.497 e. The smallest absolute Gasteiger partial charge is 0.272 e. The lowest BCUT2D eigenvalue weighted by molar-refractivity contribution is -0.116. The Balaban J connectivity index is 1.60. The first-order valence-corrected chi connectivity index (χ1v) is 10.0. The zero-order chi connectivity index (χ0) is 22.2. The van der Waals surface area contributed by atoms with Crippen LogP contribution in [0.4, 0.5) is 10.2 Å². The van der Waals surface area contributed by atoms with Crippen molar-refractivity contribution in [3.05, 3.63) is 77.4 Å². The number of halogens is 1. The van der Waals surface area contributed by atoms with Gasteiger partial charge < -0.3 is 10.1 Å². The number of benzene rings is 2. The minimum atomic E-state index is -0.452. The third-order valence-electron chi connectivity index (χ3n) is 5.51. The summed E-state index contributed by atoms with van der Waals surface area (Å²) in [7, 11) is 1.60. The van der Waals surface area contributed by atoms with Gasteiger partial charge in [-0.05, 0) is 42.8 Å². The number of methoxy groups -OCH3 is 1. The molecule has 5 rings (SSSR count). The Morgan fingerprint density at radius 3 is 2.69 bits per heavy atom. The Morgan fingerprint density at radius 1 is 1.16 bits per heavy atom. The number of carbonyl (C=O) groups is 1. The van der Waals surface area contributed by atoms with Gasteiger partial charge in [0.15, 0.2) is 0 Å². The molecule has 2 aromatic heterocycles. The number of rotatable bonds is 4. The van der Waals surface area contributed by atoms with E-state index in [2.05, 4.69) is 25.6 Å². The predicted octanol–water partition coefficient (Wildman–Crippen LogP) is 3.65. The van der Waals surface area contributed by atoms with E-state index in [0.717, 1.165) is 16.9 Å². The highest BCUT2D eigenvalue weighted by molar-refractivity contribution is 5.95. The van der Waals surface area contributed by atoms with Crippen LogP contribution in [-0.4, -0.2) is 38.0 Å². The number of amides is 1. The van der Waals surface area contributed by atoms with Gasteiger partial charge in [-0.15, -0.1) is 5.10 Å². The molecule has 0 spiro atoms. The number of aromatic nitrogens is 5. The fourth-order valence-corrected chi connectivity index (χ4v) is 4.00. The van der Waals surface area contributed by atoms with E-state index >= 15 is 0 Å². The van der Waals surface area contributed by atoms with Crippen LogP contribution in [-0.2, 0) is 4.79 Å². The number of ether oxygens (including phenoxy) is 1. The molecule has 3 heterocycles. The molecule has 0 saturated heterocycles. The molecule has 0 bridgehead atoms. The van der Waals surface area contributed by atoms with Crippen LogP contribution in [0, 0.1) is 12.7 Å². The topological polar surface area (TPSA) is 94.8 Å². The largest absolute Gasteiger partial charge is 0.497 e. The van der Waals surface area contributed by atoms with E-state index in [1.54, 1.807) is 31.5 Å². The summed E-state index contributed by atoms with van der Waals surface area (Å²) in [5.74, 6) is 0.329. The van der Waals surface area contributed by atoms with Gasteiger partial charge in [-0.1, -0.05) is 18.2 Å². The molecule has 8 nitrogen and oxygen atoms in total. The van der Waals surface area contributed by atoms with Gasteiger partial charge in [0.2, 0.25) is 5.91 Å². The number of nitrogens with one attached hydrogen (secondary N) is 1. The highest BCUT2D eigenvalue weighted by Gasteiger charge is 2.34. The summed E-state index contributed by atoms with van der Waals surface area (Å²) in [6.45, 7) is 1.82. The number of hydrogen-bond acceptors (Lipinski definition) is 6. The zero-order valence-corrected chi connectivity index (χ0v) is 17.4. The standard InChI is InChI=1S/C23H19FN6O2/c1-13-21-17(16-5-3-4-6-18(16)24)11-20(31)27-22(21)30(29-13)23-26-19(12-25-28-23)14-7-9-15(32-2)10-8-14/h3-10,12,17H,11H2,1-2H3,(H,27,31). The van der Waals surface area contributed by atoms with Crippen molar-refractivity contribution in [3.63, 3.8) is 0 Å². The quantitative estimate of drug-likeness (QED) is 0.531. The second-order valence-electron chi connectivity index (χ2n) is 7.46. The maximum atomic E-state index is 14.5. The summed E-state index contributed by atoms with van der Waals surface area (Å²) in [4.78, 5) is 17.1. The van der Waals surface area contributed by atoms with Crippen molar-refractivity contribution in [1.82, 2.24) is 25.0 Å². The van der Waals surface area contributed by atoms with Crippen LogP contribution in [0.1, 0.15) is 29.2 Å². The molecule has 1 amide bonds. The lowest BCUT2D eigenvalue weighted by atomic mass is 9.85.